The van der Waals surface area contributed by atoms with E-state index in [1.165, 1.54) is 5.56 Å². The van der Waals surface area contributed by atoms with Gasteiger partial charge in [0.05, 0.1) is 0 Å². The largest absolute Gasteiger partial charge is 0.347 e. The third-order valence-corrected chi connectivity index (χ3v) is 4.56. The second kappa shape index (κ2) is 7.18. The molecule has 0 aliphatic carbocycles. The average molecular weight is 326 g/mol. The summed E-state index contributed by atoms with van der Waals surface area (Å²) < 4.78 is 1.89. The van der Waals surface area contributed by atoms with Crippen molar-refractivity contribution >= 4 is 5.91 Å². The van der Waals surface area contributed by atoms with Crippen LogP contribution in [0.2, 0.25) is 0 Å². The van der Waals surface area contributed by atoms with Crippen LogP contribution in [0.5, 0.6) is 0 Å². The summed E-state index contributed by atoms with van der Waals surface area (Å²) in [5, 5.41) is 0. The second-order valence-corrected chi connectivity index (χ2v) is 7.05. The molecule has 5 heteroatoms. The average Bonchev–Trinajstić information content (AvgIpc) is 2.92. The number of carbonyl (C=O) groups excluding carboxylic acids is 1. The number of nitrogens with zero attached hydrogens (tertiary/aromatic N) is 4. The Morgan fingerprint density at radius 1 is 1.29 bits per heavy atom. The van der Waals surface area contributed by atoms with E-state index in [1.54, 1.807) is 0 Å². The molecule has 2 aromatic heterocycles. The van der Waals surface area contributed by atoms with Crippen LogP contribution in [0.1, 0.15) is 29.9 Å². The number of aromatic nitrogens is 2. The second-order valence-electron chi connectivity index (χ2n) is 7.05. The van der Waals surface area contributed by atoms with Crippen LogP contribution in [-0.2, 0) is 13.6 Å². The highest BCUT2D eigenvalue weighted by atomic mass is 16.2. The molecule has 2 aromatic rings. The molecule has 1 fully saturated rings. The van der Waals surface area contributed by atoms with Crippen molar-refractivity contribution in [3.8, 4) is 0 Å². The fraction of sp³-hybridized carbons (Fsp3) is 0.474. The van der Waals surface area contributed by atoms with E-state index in [1.807, 2.05) is 47.2 Å². The first-order valence-corrected chi connectivity index (χ1v) is 8.58. The predicted octanol–water partition coefficient (Wildman–Crippen LogP) is 2.40. The minimum Gasteiger partial charge on any atom is -0.347 e. The van der Waals surface area contributed by atoms with Crippen molar-refractivity contribution in [1.82, 2.24) is 19.4 Å². The highest BCUT2D eigenvalue weighted by Gasteiger charge is 2.35. The van der Waals surface area contributed by atoms with Gasteiger partial charge in [0.25, 0.3) is 5.91 Å². The third-order valence-electron chi connectivity index (χ3n) is 4.56. The molecule has 0 bridgehead atoms. The monoisotopic (exact) mass is 326 g/mol. The summed E-state index contributed by atoms with van der Waals surface area (Å²) >= 11 is 0. The number of hydrogen-bond acceptors (Lipinski definition) is 3. The molecular weight excluding hydrogens is 300 g/mol. The van der Waals surface area contributed by atoms with Crippen LogP contribution in [0.25, 0.3) is 0 Å². The number of likely N-dealkylation sites (tertiary alicyclic amines) is 1. The maximum atomic E-state index is 12.5. The molecule has 3 heterocycles. The van der Waals surface area contributed by atoms with E-state index in [2.05, 4.69) is 35.9 Å². The van der Waals surface area contributed by atoms with Crippen LogP contribution < -0.4 is 0 Å². The molecule has 1 saturated heterocycles. The molecule has 0 unspecified atom stereocenters. The molecule has 0 N–H and O–H groups in total. The van der Waals surface area contributed by atoms with Crippen LogP contribution in [0, 0.1) is 5.92 Å². The number of pyridine rings is 1. The first kappa shape index (κ1) is 16.7. The topological polar surface area (TPSA) is 41.4 Å². The van der Waals surface area contributed by atoms with Gasteiger partial charge in [-0.05, 0) is 35.7 Å². The van der Waals surface area contributed by atoms with E-state index in [0.717, 1.165) is 31.9 Å². The zero-order valence-corrected chi connectivity index (χ0v) is 14.7. The van der Waals surface area contributed by atoms with Gasteiger partial charge >= 0.3 is 0 Å². The molecule has 1 aliphatic rings. The lowest BCUT2D eigenvalue weighted by Crippen LogP contribution is -2.61. The summed E-state index contributed by atoms with van der Waals surface area (Å²) in [7, 11) is 1.92. The molecule has 0 saturated carbocycles. The summed E-state index contributed by atoms with van der Waals surface area (Å²) in [4.78, 5) is 21.1. The highest BCUT2D eigenvalue weighted by Crippen LogP contribution is 2.21. The van der Waals surface area contributed by atoms with Crippen molar-refractivity contribution in [2.45, 2.75) is 26.4 Å². The summed E-state index contributed by atoms with van der Waals surface area (Å²) in [6, 6.07) is 8.37. The van der Waals surface area contributed by atoms with E-state index in [-0.39, 0.29) is 5.91 Å². The number of amides is 1. The highest BCUT2D eigenvalue weighted by molar-refractivity contribution is 5.93. The van der Waals surface area contributed by atoms with Gasteiger partial charge in [-0.1, -0.05) is 13.8 Å². The molecule has 24 heavy (non-hydrogen) atoms. The van der Waals surface area contributed by atoms with E-state index >= 15 is 0 Å². The zero-order chi connectivity index (χ0) is 17.1. The Morgan fingerprint density at radius 3 is 2.58 bits per heavy atom. The van der Waals surface area contributed by atoms with E-state index in [9.17, 15) is 4.79 Å². The minimum absolute atomic E-state index is 0.132. The first-order valence-electron chi connectivity index (χ1n) is 8.58. The lowest BCUT2D eigenvalue weighted by molar-refractivity contribution is 0.0191. The van der Waals surface area contributed by atoms with Crippen LogP contribution in [0.4, 0.5) is 0 Å². The Balaban J connectivity index is 1.62. The van der Waals surface area contributed by atoms with Crippen molar-refractivity contribution in [3.63, 3.8) is 0 Å². The Kier molecular flexibility index (Phi) is 5.00. The van der Waals surface area contributed by atoms with Gasteiger partial charge in [-0.15, -0.1) is 0 Å². The Bertz CT molecular complexity index is 674. The van der Waals surface area contributed by atoms with Crippen molar-refractivity contribution in [3.05, 3.63) is 54.1 Å². The summed E-state index contributed by atoms with van der Waals surface area (Å²) in [5.74, 6) is 0.733. The maximum Gasteiger partial charge on any atom is 0.270 e. The zero-order valence-electron chi connectivity index (χ0n) is 14.7. The standard InChI is InChI=1S/C19H26N4O/c1-15(2)11-22(12-16-6-8-20-9-7-16)17-13-23(14-17)19(24)18-5-4-10-21(18)3/h4-10,15,17H,11-14H2,1-3H3. The fourth-order valence-electron chi connectivity index (χ4n) is 3.23. The van der Waals surface area contributed by atoms with Gasteiger partial charge in [-0.25, -0.2) is 0 Å². The lowest BCUT2D eigenvalue weighted by atomic mass is 10.0. The lowest BCUT2D eigenvalue weighted by Gasteiger charge is -2.46. The molecule has 128 valence electrons. The molecule has 1 amide bonds. The summed E-state index contributed by atoms with van der Waals surface area (Å²) in [6.45, 7) is 8.05. The Morgan fingerprint density at radius 2 is 2.00 bits per heavy atom. The predicted molar refractivity (Wildman–Crippen MR) is 94.6 cm³/mol. The third kappa shape index (κ3) is 3.67. The van der Waals surface area contributed by atoms with E-state index in [4.69, 9.17) is 0 Å². The number of hydrogen-bond donors (Lipinski definition) is 0. The molecule has 3 rings (SSSR count). The normalized spacial score (nSPS) is 15.1. The fourth-order valence-corrected chi connectivity index (χ4v) is 3.23. The number of rotatable bonds is 6. The maximum absolute atomic E-state index is 12.5. The smallest absolute Gasteiger partial charge is 0.270 e. The van der Waals surface area contributed by atoms with E-state index in [0.29, 0.717) is 12.0 Å². The van der Waals surface area contributed by atoms with Crippen molar-refractivity contribution in [1.29, 1.82) is 0 Å². The van der Waals surface area contributed by atoms with Gasteiger partial charge in [-0.3, -0.25) is 14.7 Å². The van der Waals surface area contributed by atoms with Crippen LogP contribution >= 0.6 is 0 Å². The van der Waals surface area contributed by atoms with Crippen molar-refractivity contribution in [2.75, 3.05) is 19.6 Å². The molecular formula is C19H26N4O. The molecule has 0 aromatic carbocycles. The summed E-state index contributed by atoms with van der Waals surface area (Å²) in [5.41, 5.74) is 2.04. The Labute approximate surface area is 143 Å². The van der Waals surface area contributed by atoms with Gasteiger partial charge in [-0.2, -0.15) is 0 Å². The van der Waals surface area contributed by atoms with Gasteiger partial charge in [0.2, 0.25) is 0 Å². The van der Waals surface area contributed by atoms with Crippen molar-refractivity contribution < 1.29 is 4.79 Å². The SMILES string of the molecule is CC(C)CN(Cc1ccncc1)C1CN(C(=O)c2cccn2C)C1. The molecule has 0 radical (unpaired) electrons. The van der Waals surface area contributed by atoms with Crippen molar-refractivity contribution in [2.24, 2.45) is 13.0 Å². The number of carbonyl (C=O) groups is 1. The van der Waals surface area contributed by atoms with Gasteiger partial charge in [0, 0.05) is 57.9 Å². The van der Waals surface area contributed by atoms with Gasteiger partial charge in [0.1, 0.15) is 5.69 Å². The summed E-state index contributed by atoms with van der Waals surface area (Å²) in [6.07, 6.45) is 5.60. The minimum atomic E-state index is 0.132. The van der Waals surface area contributed by atoms with E-state index < -0.39 is 0 Å². The van der Waals surface area contributed by atoms with Crippen LogP contribution in [0.15, 0.2) is 42.9 Å². The quantitative estimate of drug-likeness (QED) is 0.818. The van der Waals surface area contributed by atoms with Crippen LogP contribution in [-0.4, -0.2) is 50.9 Å². The molecule has 5 nitrogen and oxygen atoms in total. The first-order chi connectivity index (χ1) is 11.5. The van der Waals surface area contributed by atoms with Gasteiger partial charge < -0.3 is 9.47 Å². The molecule has 0 atom stereocenters. The number of aryl methyl sites for hydroxylation is 1. The Hall–Kier alpha value is -2.14. The van der Waals surface area contributed by atoms with Gasteiger partial charge in [0.15, 0.2) is 0 Å². The van der Waals surface area contributed by atoms with Crippen LogP contribution in [0.3, 0.4) is 0 Å². The molecule has 0 spiro atoms. The molecule has 1 aliphatic heterocycles.